The zero-order valence-corrected chi connectivity index (χ0v) is 12.7. The quantitative estimate of drug-likeness (QED) is 0.917. The zero-order valence-electron chi connectivity index (χ0n) is 12.7. The number of ether oxygens (including phenoxy) is 1. The number of aromatic nitrogens is 3. The van der Waals surface area contributed by atoms with Gasteiger partial charge in [-0.1, -0.05) is 0 Å². The third-order valence-corrected chi connectivity index (χ3v) is 3.12. The standard InChI is InChI=1S/C10H10N4O.C5H8F2O/c1-7-4-8(10(11)15)13-9(5-7)14-3-2-12-6-14;6-5(7)2-1-3-8-4-5/h2-6H,1H3,(H2,11,15);1-4H2. The zero-order chi connectivity index (χ0) is 16.9. The molecule has 1 fully saturated rings. The minimum atomic E-state index is -2.54. The summed E-state index contributed by atoms with van der Waals surface area (Å²) in [5.41, 5.74) is 6.37. The number of hydrogen-bond donors (Lipinski definition) is 1. The molecule has 124 valence electrons. The van der Waals surface area contributed by atoms with Crippen molar-refractivity contribution < 1.29 is 18.3 Å². The van der Waals surface area contributed by atoms with Crippen LogP contribution in [0.4, 0.5) is 8.78 Å². The summed E-state index contributed by atoms with van der Waals surface area (Å²) in [6, 6.07) is 3.51. The maximum Gasteiger partial charge on any atom is 0.271 e. The number of nitrogens with two attached hydrogens (primary N) is 1. The van der Waals surface area contributed by atoms with Crippen molar-refractivity contribution in [3.05, 3.63) is 42.1 Å². The van der Waals surface area contributed by atoms with Crippen molar-refractivity contribution in [3.8, 4) is 5.82 Å². The highest BCUT2D eigenvalue weighted by Gasteiger charge is 2.31. The van der Waals surface area contributed by atoms with Gasteiger partial charge >= 0.3 is 0 Å². The molecule has 0 bridgehead atoms. The Bertz CT molecular complexity index is 652. The molecule has 3 rings (SSSR count). The van der Waals surface area contributed by atoms with Crippen molar-refractivity contribution in [2.45, 2.75) is 25.7 Å². The Hall–Kier alpha value is -2.35. The average Bonchev–Trinajstić information content (AvgIpc) is 3.01. The Balaban J connectivity index is 0.000000203. The van der Waals surface area contributed by atoms with E-state index < -0.39 is 11.8 Å². The van der Waals surface area contributed by atoms with E-state index in [2.05, 4.69) is 14.7 Å². The van der Waals surface area contributed by atoms with E-state index >= 15 is 0 Å². The van der Waals surface area contributed by atoms with Gasteiger partial charge in [-0.25, -0.2) is 18.7 Å². The van der Waals surface area contributed by atoms with Gasteiger partial charge in [-0.3, -0.25) is 9.36 Å². The van der Waals surface area contributed by atoms with E-state index in [1.165, 1.54) is 0 Å². The first-order chi connectivity index (χ1) is 10.9. The summed E-state index contributed by atoms with van der Waals surface area (Å²) in [6.07, 6.45) is 5.51. The predicted octanol–water partition coefficient (Wildman–Crippen LogP) is 2.11. The van der Waals surface area contributed by atoms with Crippen molar-refractivity contribution in [1.29, 1.82) is 0 Å². The molecule has 2 aromatic rings. The van der Waals surface area contributed by atoms with E-state index in [0.29, 0.717) is 18.8 Å². The second-order valence-corrected chi connectivity index (χ2v) is 5.23. The van der Waals surface area contributed by atoms with Crippen LogP contribution < -0.4 is 5.73 Å². The van der Waals surface area contributed by atoms with Crippen molar-refractivity contribution in [2.24, 2.45) is 5.73 Å². The van der Waals surface area contributed by atoms with Crippen LogP contribution in [0.3, 0.4) is 0 Å². The van der Waals surface area contributed by atoms with E-state index in [1.807, 2.05) is 13.0 Å². The molecule has 2 N–H and O–H groups in total. The molecule has 0 aliphatic carbocycles. The van der Waals surface area contributed by atoms with Crippen LogP contribution in [-0.4, -0.2) is 39.6 Å². The van der Waals surface area contributed by atoms with Gasteiger partial charge in [0.15, 0.2) is 0 Å². The number of halogens is 2. The summed E-state index contributed by atoms with van der Waals surface area (Å²) in [5, 5.41) is 0. The monoisotopic (exact) mass is 324 g/mol. The van der Waals surface area contributed by atoms with Crippen LogP contribution in [0.1, 0.15) is 28.9 Å². The third-order valence-electron chi connectivity index (χ3n) is 3.12. The lowest BCUT2D eigenvalue weighted by molar-refractivity contribution is -0.113. The Morgan fingerprint density at radius 3 is 2.70 bits per heavy atom. The fraction of sp³-hybridized carbons (Fsp3) is 0.400. The number of amides is 1. The topological polar surface area (TPSA) is 83.0 Å². The molecule has 0 saturated carbocycles. The average molecular weight is 324 g/mol. The van der Waals surface area contributed by atoms with Crippen LogP contribution in [0.2, 0.25) is 0 Å². The van der Waals surface area contributed by atoms with Crippen LogP contribution in [0.25, 0.3) is 5.82 Å². The summed E-state index contributed by atoms with van der Waals surface area (Å²) >= 11 is 0. The van der Waals surface area contributed by atoms with E-state index in [0.717, 1.165) is 5.56 Å². The number of nitrogens with zero attached hydrogens (tertiary/aromatic N) is 3. The van der Waals surface area contributed by atoms with Gasteiger partial charge in [0, 0.05) is 25.4 Å². The third kappa shape index (κ3) is 5.10. The number of rotatable bonds is 2. The van der Waals surface area contributed by atoms with E-state index in [9.17, 15) is 13.6 Å². The number of carbonyl (C=O) groups is 1. The summed E-state index contributed by atoms with van der Waals surface area (Å²) in [7, 11) is 0. The highest BCUT2D eigenvalue weighted by molar-refractivity contribution is 5.91. The molecule has 23 heavy (non-hydrogen) atoms. The number of alkyl halides is 2. The Labute approximate surface area is 132 Å². The highest BCUT2D eigenvalue weighted by atomic mass is 19.3. The lowest BCUT2D eigenvalue weighted by atomic mass is 10.2. The van der Waals surface area contributed by atoms with Crippen molar-refractivity contribution in [2.75, 3.05) is 13.2 Å². The lowest BCUT2D eigenvalue weighted by Gasteiger charge is -2.20. The fourth-order valence-electron chi connectivity index (χ4n) is 2.03. The molecule has 0 aromatic carbocycles. The van der Waals surface area contributed by atoms with Crippen LogP contribution in [-0.2, 0) is 4.74 Å². The first-order valence-corrected chi connectivity index (χ1v) is 7.10. The minimum absolute atomic E-state index is 0.00694. The molecule has 0 atom stereocenters. The molecule has 3 heterocycles. The smallest absolute Gasteiger partial charge is 0.271 e. The molecule has 6 nitrogen and oxygen atoms in total. The summed E-state index contributed by atoms with van der Waals surface area (Å²) in [6.45, 7) is 2.00. The number of hydrogen-bond acceptors (Lipinski definition) is 4. The molecule has 1 aliphatic rings. The van der Waals surface area contributed by atoms with Crippen LogP contribution >= 0.6 is 0 Å². The SMILES string of the molecule is Cc1cc(C(N)=O)nc(-n2ccnc2)c1.FC1(F)CCCOC1. The summed E-state index contributed by atoms with van der Waals surface area (Å²) in [5.74, 6) is -2.43. The first-order valence-electron chi connectivity index (χ1n) is 7.10. The summed E-state index contributed by atoms with van der Waals surface area (Å²) in [4.78, 5) is 19.0. The summed E-state index contributed by atoms with van der Waals surface area (Å²) < 4.78 is 30.4. The molecule has 1 amide bonds. The molecular formula is C15H18F2N4O2. The van der Waals surface area contributed by atoms with Crippen molar-refractivity contribution in [1.82, 2.24) is 14.5 Å². The second kappa shape index (κ2) is 7.28. The fourth-order valence-corrected chi connectivity index (χ4v) is 2.03. The Kier molecular flexibility index (Phi) is 5.38. The van der Waals surface area contributed by atoms with Crippen LogP contribution in [0.5, 0.6) is 0 Å². The molecule has 2 aromatic heterocycles. The highest BCUT2D eigenvalue weighted by Crippen LogP contribution is 2.24. The normalized spacial score (nSPS) is 16.3. The van der Waals surface area contributed by atoms with Crippen LogP contribution in [0.15, 0.2) is 30.9 Å². The van der Waals surface area contributed by atoms with Crippen molar-refractivity contribution >= 4 is 5.91 Å². The van der Waals surface area contributed by atoms with Gasteiger partial charge in [0.25, 0.3) is 11.8 Å². The largest absolute Gasteiger partial charge is 0.375 e. The molecule has 1 saturated heterocycles. The van der Waals surface area contributed by atoms with Gasteiger partial charge in [-0.15, -0.1) is 0 Å². The van der Waals surface area contributed by atoms with Gasteiger partial charge < -0.3 is 10.5 Å². The van der Waals surface area contributed by atoms with Gasteiger partial charge in [0.1, 0.15) is 24.4 Å². The number of primary amides is 1. The van der Waals surface area contributed by atoms with Gasteiger partial charge in [-0.05, 0) is 31.0 Å². The second-order valence-electron chi connectivity index (χ2n) is 5.23. The molecule has 0 unspecified atom stereocenters. The van der Waals surface area contributed by atoms with Gasteiger partial charge in [0.05, 0.1) is 0 Å². The molecule has 0 spiro atoms. The van der Waals surface area contributed by atoms with E-state index in [1.54, 1.807) is 29.4 Å². The van der Waals surface area contributed by atoms with Gasteiger partial charge in [0.2, 0.25) is 0 Å². The van der Waals surface area contributed by atoms with Crippen molar-refractivity contribution in [3.63, 3.8) is 0 Å². The molecule has 0 radical (unpaired) electrons. The number of carbonyl (C=O) groups excluding carboxylic acids is 1. The molecule has 8 heteroatoms. The number of pyridine rings is 1. The van der Waals surface area contributed by atoms with E-state index in [-0.39, 0.29) is 18.7 Å². The van der Waals surface area contributed by atoms with Gasteiger partial charge in [-0.2, -0.15) is 0 Å². The number of imidazole rings is 1. The minimum Gasteiger partial charge on any atom is -0.375 e. The number of aryl methyl sites for hydroxylation is 1. The maximum absolute atomic E-state index is 12.1. The maximum atomic E-state index is 12.1. The predicted molar refractivity (Wildman–Crippen MR) is 79.6 cm³/mol. The molecular weight excluding hydrogens is 306 g/mol. The van der Waals surface area contributed by atoms with Crippen LogP contribution in [0, 0.1) is 6.92 Å². The molecule has 1 aliphatic heterocycles. The Morgan fingerprint density at radius 1 is 1.43 bits per heavy atom. The Morgan fingerprint density at radius 2 is 2.22 bits per heavy atom. The lowest BCUT2D eigenvalue weighted by Crippen LogP contribution is -2.28. The van der Waals surface area contributed by atoms with E-state index in [4.69, 9.17) is 5.73 Å². The first kappa shape index (κ1) is 17.0.